The summed E-state index contributed by atoms with van der Waals surface area (Å²) in [5, 5.41) is 3.52. The van der Waals surface area contributed by atoms with Crippen molar-refractivity contribution in [1.82, 2.24) is 5.32 Å². The Balaban J connectivity index is 1.93. The molecule has 1 N–H and O–H groups in total. The largest absolute Gasteiger partial charge is 0.373 e. The highest BCUT2D eigenvalue weighted by atomic mass is 16.5. The summed E-state index contributed by atoms with van der Waals surface area (Å²) >= 11 is 0. The molecule has 0 bridgehead atoms. The van der Waals surface area contributed by atoms with Crippen LogP contribution in [0.4, 0.5) is 0 Å². The first-order chi connectivity index (χ1) is 6.47. The fourth-order valence-corrected chi connectivity index (χ4v) is 1.65. The van der Waals surface area contributed by atoms with Crippen molar-refractivity contribution < 1.29 is 4.74 Å². The van der Waals surface area contributed by atoms with Gasteiger partial charge < -0.3 is 10.1 Å². The standard InChI is InChI=1S/C12H25NO/c1-10(14-12(2,3)4)6-5-9-13-11-7-8-11/h10-11,13H,5-9H2,1-4H3. The molecule has 0 spiro atoms. The van der Waals surface area contributed by atoms with Crippen LogP contribution >= 0.6 is 0 Å². The Morgan fingerprint density at radius 3 is 2.50 bits per heavy atom. The average Bonchev–Trinajstić information content (AvgIpc) is 2.77. The normalized spacial score (nSPS) is 19.7. The number of ether oxygens (including phenoxy) is 1. The number of rotatable bonds is 6. The molecule has 0 aromatic rings. The Morgan fingerprint density at radius 1 is 1.36 bits per heavy atom. The van der Waals surface area contributed by atoms with Crippen LogP contribution in [0.25, 0.3) is 0 Å². The van der Waals surface area contributed by atoms with Crippen LogP contribution in [0.2, 0.25) is 0 Å². The van der Waals surface area contributed by atoms with Crippen LogP contribution in [0.5, 0.6) is 0 Å². The van der Waals surface area contributed by atoms with Gasteiger partial charge in [-0.2, -0.15) is 0 Å². The minimum atomic E-state index is 0.00331. The molecule has 1 fully saturated rings. The lowest BCUT2D eigenvalue weighted by Crippen LogP contribution is -2.26. The lowest BCUT2D eigenvalue weighted by Gasteiger charge is -2.25. The molecule has 0 heterocycles. The van der Waals surface area contributed by atoms with Gasteiger partial charge in [0.2, 0.25) is 0 Å². The van der Waals surface area contributed by atoms with Crippen molar-refractivity contribution in [3.8, 4) is 0 Å². The van der Waals surface area contributed by atoms with Crippen molar-refractivity contribution in [1.29, 1.82) is 0 Å². The molecule has 2 nitrogen and oxygen atoms in total. The van der Waals surface area contributed by atoms with Gasteiger partial charge in [0, 0.05) is 6.04 Å². The molecule has 1 saturated carbocycles. The number of nitrogens with one attached hydrogen (secondary N) is 1. The van der Waals surface area contributed by atoms with Crippen molar-refractivity contribution in [2.45, 2.75) is 71.1 Å². The smallest absolute Gasteiger partial charge is 0.0602 e. The zero-order chi connectivity index (χ0) is 10.6. The van der Waals surface area contributed by atoms with Crippen molar-refractivity contribution in [2.75, 3.05) is 6.54 Å². The molecular formula is C12H25NO. The predicted octanol–water partition coefficient (Wildman–Crippen LogP) is 2.72. The topological polar surface area (TPSA) is 21.3 Å². The maximum absolute atomic E-state index is 5.83. The van der Waals surface area contributed by atoms with Crippen molar-refractivity contribution in [3.63, 3.8) is 0 Å². The molecule has 0 aliphatic heterocycles. The van der Waals surface area contributed by atoms with Crippen molar-refractivity contribution in [3.05, 3.63) is 0 Å². The Morgan fingerprint density at radius 2 is 2.00 bits per heavy atom. The zero-order valence-corrected chi connectivity index (χ0v) is 10.1. The molecule has 0 aromatic heterocycles. The van der Waals surface area contributed by atoms with Gasteiger partial charge >= 0.3 is 0 Å². The predicted molar refractivity (Wildman–Crippen MR) is 60.6 cm³/mol. The molecule has 1 atom stereocenters. The third kappa shape index (κ3) is 6.39. The van der Waals surface area contributed by atoms with E-state index in [1.807, 2.05) is 0 Å². The first kappa shape index (κ1) is 12.0. The summed E-state index contributed by atoms with van der Waals surface area (Å²) in [6.45, 7) is 9.68. The second-order valence-electron chi connectivity index (χ2n) is 5.41. The third-order valence-electron chi connectivity index (χ3n) is 2.35. The molecule has 0 saturated heterocycles. The molecule has 0 aromatic carbocycles. The van der Waals surface area contributed by atoms with Gasteiger partial charge in [0.15, 0.2) is 0 Å². The first-order valence-electron chi connectivity index (χ1n) is 5.88. The van der Waals surface area contributed by atoms with Gasteiger partial charge in [-0.3, -0.25) is 0 Å². The van der Waals surface area contributed by atoms with Gasteiger partial charge in [-0.1, -0.05) is 0 Å². The van der Waals surface area contributed by atoms with E-state index in [0.29, 0.717) is 6.10 Å². The minimum absolute atomic E-state index is 0.00331. The Bertz CT molecular complexity index is 158. The highest BCUT2D eigenvalue weighted by molar-refractivity contribution is 4.80. The molecule has 1 unspecified atom stereocenters. The van der Waals surface area contributed by atoms with E-state index in [-0.39, 0.29) is 5.60 Å². The molecule has 14 heavy (non-hydrogen) atoms. The molecule has 1 aliphatic rings. The van der Waals surface area contributed by atoms with Gasteiger partial charge in [-0.25, -0.2) is 0 Å². The summed E-state index contributed by atoms with van der Waals surface area (Å²) in [4.78, 5) is 0. The minimum Gasteiger partial charge on any atom is -0.373 e. The molecule has 84 valence electrons. The van der Waals surface area contributed by atoms with Crippen molar-refractivity contribution in [2.24, 2.45) is 0 Å². The summed E-state index contributed by atoms with van der Waals surface area (Å²) in [7, 11) is 0. The van der Waals surface area contributed by atoms with Crippen LogP contribution in [-0.4, -0.2) is 24.3 Å². The summed E-state index contributed by atoms with van der Waals surface area (Å²) < 4.78 is 5.83. The third-order valence-corrected chi connectivity index (χ3v) is 2.35. The van der Waals surface area contributed by atoms with E-state index in [1.54, 1.807) is 0 Å². The Labute approximate surface area is 88.4 Å². The quantitative estimate of drug-likeness (QED) is 0.664. The van der Waals surface area contributed by atoms with Crippen LogP contribution < -0.4 is 5.32 Å². The van der Waals surface area contributed by atoms with Gasteiger partial charge in [0.05, 0.1) is 11.7 Å². The van der Waals surface area contributed by atoms with Crippen LogP contribution in [-0.2, 0) is 4.74 Å². The van der Waals surface area contributed by atoms with E-state index in [1.165, 1.54) is 19.3 Å². The summed E-state index contributed by atoms with van der Waals surface area (Å²) in [5.74, 6) is 0. The van der Waals surface area contributed by atoms with Gasteiger partial charge in [0.1, 0.15) is 0 Å². The first-order valence-corrected chi connectivity index (χ1v) is 5.88. The van der Waals surface area contributed by atoms with Crippen LogP contribution in [0.3, 0.4) is 0 Å². The van der Waals surface area contributed by atoms with E-state index in [2.05, 4.69) is 33.0 Å². The molecule has 2 heteroatoms. The lowest BCUT2D eigenvalue weighted by molar-refractivity contribution is -0.0546. The van der Waals surface area contributed by atoms with E-state index >= 15 is 0 Å². The van der Waals surface area contributed by atoms with E-state index < -0.39 is 0 Å². The highest BCUT2D eigenvalue weighted by Crippen LogP contribution is 2.19. The monoisotopic (exact) mass is 199 g/mol. The SMILES string of the molecule is CC(CCCNC1CC1)OC(C)(C)C. The maximum Gasteiger partial charge on any atom is 0.0602 e. The van der Waals surface area contributed by atoms with E-state index in [0.717, 1.165) is 19.0 Å². The highest BCUT2D eigenvalue weighted by Gasteiger charge is 2.20. The zero-order valence-electron chi connectivity index (χ0n) is 10.1. The molecular weight excluding hydrogens is 174 g/mol. The summed E-state index contributed by atoms with van der Waals surface area (Å²) in [6.07, 6.45) is 5.54. The van der Waals surface area contributed by atoms with E-state index in [4.69, 9.17) is 4.74 Å². The number of hydrogen-bond donors (Lipinski definition) is 1. The lowest BCUT2D eigenvalue weighted by atomic mass is 10.1. The second kappa shape index (κ2) is 5.13. The Kier molecular flexibility index (Phi) is 4.39. The van der Waals surface area contributed by atoms with Gasteiger partial charge in [-0.05, 0) is 59.9 Å². The van der Waals surface area contributed by atoms with Gasteiger partial charge in [0.25, 0.3) is 0 Å². The summed E-state index contributed by atoms with van der Waals surface area (Å²) in [5.41, 5.74) is 0.00331. The maximum atomic E-state index is 5.83. The van der Waals surface area contributed by atoms with Crippen LogP contribution in [0, 0.1) is 0 Å². The second-order valence-corrected chi connectivity index (χ2v) is 5.41. The summed E-state index contributed by atoms with van der Waals surface area (Å²) in [6, 6.07) is 0.842. The fraction of sp³-hybridized carbons (Fsp3) is 1.00. The Hall–Kier alpha value is -0.0800. The van der Waals surface area contributed by atoms with Crippen LogP contribution in [0.15, 0.2) is 0 Å². The average molecular weight is 199 g/mol. The van der Waals surface area contributed by atoms with Gasteiger partial charge in [-0.15, -0.1) is 0 Å². The van der Waals surface area contributed by atoms with Crippen molar-refractivity contribution >= 4 is 0 Å². The molecule has 1 rings (SSSR count). The van der Waals surface area contributed by atoms with Crippen LogP contribution in [0.1, 0.15) is 53.4 Å². The fourth-order valence-electron chi connectivity index (χ4n) is 1.65. The number of hydrogen-bond acceptors (Lipinski definition) is 2. The molecule has 0 radical (unpaired) electrons. The molecule has 1 aliphatic carbocycles. The van der Waals surface area contributed by atoms with E-state index in [9.17, 15) is 0 Å². The molecule has 0 amide bonds.